The number of halogens is 1. The van der Waals surface area contributed by atoms with E-state index in [9.17, 15) is 4.79 Å². The van der Waals surface area contributed by atoms with E-state index in [1.807, 2.05) is 0 Å². The normalized spacial score (nSPS) is 8.73. The fourth-order valence-electron chi connectivity index (χ4n) is 0.477. The molecule has 0 aromatic rings. The van der Waals surface area contributed by atoms with Gasteiger partial charge >= 0.3 is 5.97 Å². The van der Waals surface area contributed by atoms with Crippen LogP contribution in [0.5, 0.6) is 0 Å². The van der Waals surface area contributed by atoms with Gasteiger partial charge in [0.05, 0.1) is 13.0 Å². The number of carbonyl (C=O) groups excluding carboxylic acids is 1. The Balaban J connectivity index is 3.17. The Morgan fingerprint density at radius 3 is 2.91 bits per heavy atom. The SMILES string of the molecule is [C]#CCCC(=O)OCCCCl. The third kappa shape index (κ3) is 7.21. The van der Waals surface area contributed by atoms with Crippen molar-refractivity contribution in [2.24, 2.45) is 0 Å². The molecular formula is C8H10ClO2. The summed E-state index contributed by atoms with van der Waals surface area (Å²) in [5, 5.41) is 0. The van der Waals surface area contributed by atoms with E-state index in [1.165, 1.54) is 0 Å². The van der Waals surface area contributed by atoms with Crippen molar-refractivity contribution in [3.63, 3.8) is 0 Å². The first kappa shape index (κ1) is 10.3. The number of alkyl halides is 1. The first-order chi connectivity index (χ1) is 5.31. The summed E-state index contributed by atoms with van der Waals surface area (Å²) in [5.74, 6) is 2.33. The van der Waals surface area contributed by atoms with E-state index >= 15 is 0 Å². The molecule has 0 bridgehead atoms. The Morgan fingerprint density at radius 1 is 1.64 bits per heavy atom. The molecule has 0 aromatic heterocycles. The van der Waals surface area contributed by atoms with Crippen molar-refractivity contribution in [3.05, 3.63) is 6.42 Å². The largest absolute Gasteiger partial charge is 0.466 e. The van der Waals surface area contributed by atoms with Crippen LogP contribution in [0.25, 0.3) is 0 Å². The van der Waals surface area contributed by atoms with E-state index < -0.39 is 0 Å². The molecule has 0 atom stereocenters. The maximum atomic E-state index is 10.7. The number of hydrogen-bond donors (Lipinski definition) is 0. The van der Waals surface area contributed by atoms with Gasteiger partial charge in [0.2, 0.25) is 0 Å². The molecule has 0 unspecified atom stereocenters. The molecule has 0 saturated carbocycles. The van der Waals surface area contributed by atoms with Gasteiger partial charge < -0.3 is 4.74 Å². The summed E-state index contributed by atoms with van der Waals surface area (Å²) < 4.78 is 4.74. The van der Waals surface area contributed by atoms with E-state index in [-0.39, 0.29) is 12.4 Å². The first-order valence-electron chi connectivity index (χ1n) is 3.42. The van der Waals surface area contributed by atoms with Crippen LogP contribution in [0.15, 0.2) is 0 Å². The van der Waals surface area contributed by atoms with E-state index in [0.29, 0.717) is 25.3 Å². The zero-order valence-electron chi connectivity index (χ0n) is 6.23. The van der Waals surface area contributed by atoms with Crippen molar-refractivity contribution in [2.75, 3.05) is 12.5 Å². The van der Waals surface area contributed by atoms with Crippen molar-refractivity contribution < 1.29 is 9.53 Å². The molecule has 3 heteroatoms. The Bertz CT molecular complexity index is 149. The highest BCUT2D eigenvalue weighted by Crippen LogP contribution is 1.93. The topological polar surface area (TPSA) is 26.3 Å². The summed E-state index contributed by atoms with van der Waals surface area (Å²) in [7, 11) is 0. The van der Waals surface area contributed by atoms with Crippen LogP contribution < -0.4 is 0 Å². The van der Waals surface area contributed by atoms with Crippen molar-refractivity contribution in [3.8, 4) is 5.92 Å². The minimum atomic E-state index is -0.283. The van der Waals surface area contributed by atoms with E-state index in [2.05, 4.69) is 5.92 Å². The minimum Gasteiger partial charge on any atom is -0.466 e. The summed E-state index contributed by atoms with van der Waals surface area (Å²) in [5.41, 5.74) is 0. The van der Waals surface area contributed by atoms with Gasteiger partial charge in [-0.05, 0) is 12.8 Å². The van der Waals surface area contributed by atoms with Crippen LogP contribution in [0, 0.1) is 12.3 Å². The molecule has 0 N–H and O–H groups in total. The molecule has 1 radical (unpaired) electrons. The summed E-state index contributed by atoms with van der Waals surface area (Å²) in [6, 6.07) is 0. The van der Waals surface area contributed by atoms with Gasteiger partial charge in [-0.25, -0.2) is 0 Å². The van der Waals surface area contributed by atoms with Gasteiger partial charge in [-0.1, -0.05) is 5.92 Å². The summed E-state index contributed by atoms with van der Waals surface area (Å²) in [6.45, 7) is 0.375. The average Bonchev–Trinajstić information content (AvgIpc) is 2.01. The first-order valence-corrected chi connectivity index (χ1v) is 3.96. The van der Waals surface area contributed by atoms with Crippen molar-refractivity contribution in [1.29, 1.82) is 0 Å². The molecular weight excluding hydrogens is 164 g/mol. The zero-order chi connectivity index (χ0) is 8.53. The Morgan fingerprint density at radius 2 is 2.36 bits per heavy atom. The molecule has 0 aliphatic heterocycles. The molecule has 61 valence electrons. The van der Waals surface area contributed by atoms with Gasteiger partial charge in [-0.15, -0.1) is 11.6 Å². The second-order valence-electron chi connectivity index (χ2n) is 1.94. The third-order valence-corrected chi connectivity index (χ3v) is 1.26. The van der Waals surface area contributed by atoms with Gasteiger partial charge in [-0.3, -0.25) is 4.79 Å². The zero-order valence-corrected chi connectivity index (χ0v) is 6.99. The lowest BCUT2D eigenvalue weighted by atomic mass is 10.3. The highest BCUT2D eigenvalue weighted by atomic mass is 35.5. The minimum absolute atomic E-state index is 0.242. The van der Waals surface area contributed by atoms with Crippen molar-refractivity contribution in [1.82, 2.24) is 0 Å². The van der Waals surface area contributed by atoms with E-state index in [1.54, 1.807) is 0 Å². The molecule has 0 fully saturated rings. The highest BCUT2D eigenvalue weighted by Gasteiger charge is 1.99. The van der Waals surface area contributed by atoms with E-state index in [4.69, 9.17) is 22.8 Å². The van der Waals surface area contributed by atoms with Gasteiger partial charge in [0.25, 0.3) is 0 Å². The molecule has 0 spiro atoms. The molecule has 0 amide bonds. The Hall–Kier alpha value is -0.680. The lowest BCUT2D eigenvalue weighted by Gasteiger charge is -2.00. The molecule has 0 aliphatic carbocycles. The van der Waals surface area contributed by atoms with E-state index in [0.717, 1.165) is 0 Å². The monoisotopic (exact) mass is 173 g/mol. The molecule has 0 rings (SSSR count). The van der Waals surface area contributed by atoms with Crippen LogP contribution in [0.3, 0.4) is 0 Å². The molecule has 0 heterocycles. The number of hydrogen-bond acceptors (Lipinski definition) is 2. The van der Waals surface area contributed by atoms with Crippen LogP contribution in [-0.2, 0) is 9.53 Å². The molecule has 2 nitrogen and oxygen atoms in total. The predicted molar refractivity (Wildman–Crippen MR) is 42.7 cm³/mol. The van der Waals surface area contributed by atoms with Crippen LogP contribution in [0.2, 0.25) is 0 Å². The van der Waals surface area contributed by atoms with Gasteiger partial charge in [0, 0.05) is 12.3 Å². The standard InChI is InChI=1S/C8H10ClO2/c1-2-3-5-8(10)11-7-4-6-9/h3-7H2. The van der Waals surface area contributed by atoms with Crippen molar-refractivity contribution >= 4 is 17.6 Å². The fourth-order valence-corrected chi connectivity index (χ4v) is 0.586. The lowest BCUT2D eigenvalue weighted by Crippen LogP contribution is -2.05. The molecule has 0 aliphatic rings. The predicted octanol–water partition coefficient (Wildman–Crippen LogP) is 1.53. The van der Waals surface area contributed by atoms with Crippen LogP contribution in [-0.4, -0.2) is 18.5 Å². The van der Waals surface area contributed by atoms with Gasteiger partial charge in [-0.2, -0.15) is 0 Å². The number of ether oxygens (including phenoxy) is 1. The summed E-state index contributed by atoms with van der Waals surface area (Å²) in [4.78, 5) is 10.7. The van der Waals surface area contributed by atoms with Crippen LogP contribution in [0.4, 0.5) is 0 Å². The quantitative estimate of drug-likeness (QED) is 0.273. The number of esters is 1. The number of rotatable bonds is 5. The smallest absolute Gasteiger partial charge is 0.306 e. The van der Waals surface area contributed by atoms with Gasteiger partial charge in [0.1, 0.15) is 0 Å². The lowest BCUT2D eigenvalue weighted by molar-refractivity contribution is -0.143. The maximum absolute atomic E-state index is 10.7. The molecule has 0 aromatic carbocycles. The summed E-state index contributed by atoms with van der Waals surface area (Å²) >= 11 is 5.36. The Labute approximate surface area is 71.9 Å². The summed E-state index contributed by atoms with van der Waals surface area (Å²) in [6.07, 6.45) is 7.79. The van der Waals surface area contributed by atoms with Crippen molar-refractivity contribution in [2.45, 2.75) is 19.3 Å². The average molecular weight is 174 g/mol. The van der Waals surface area contributed by atoms with Gasteiger partial charge in [0.15, 0.2) is 0 Å². The third-order valence-electron chi connectivity index (χ3n) is 0.995. The number of carbonyl (C=O) groups is 1. The molecule has 0 saturated heterocycles. The molecule has 11 heavy (non-hydrogen) atoms. The van der Waals surface area contributed by atoms with Crippen LogP contribution in [0.1, 0.15) is 19.3 Å². The second-order valence-corrected chi connectivity index (χ2v) is 2.32. The fraction of sp³-hybridized carbons (Fsp3) is 0.625. The maximum Gasteiger partial charge on any atom is 0.306 e. The second kappa shape index (κ2) is 7.43. The van der Waals surface area contributed by atoms with Crippen LogP contribution >= 0.6 is 11.6 Å². The highest BCUT2D eigenvalue weighted by molar-refractivity contribution is 6.17. The Kier molecular flexibility index (Phi) is 6.97.